The first-order valence-corrected chi connectivity index (χ1v) is 10.9. The van der Waals surface area contributed by atoms with Crippen LogP contribution in [0.4, 0.5) is 15.8 Å². The highest BCUT2D eigenvalue weighted by atomic mass is 19.1. The van der Waals surface area contributed by atoms with Crippen LogP contribution in [0.1, 0.15) is 28.9 Å². The molecule has 5 rings (SSSR count). The van der Waals surface area contributed by atoms with E-state index in [-0.39, 0.29) is 6.61 Å². The topological polar surface area (TPSA) is 76.2 Å². The number of carbonyl (C=O) groups excluding carboxylic acids is 3. The molecule has 8 heteroatoms. The number of imide groups is 1. The van der Waals surface area contributed by atoms with Crippen molar-refractivity contribution in [1.29, 1.82) is 0 Å². The monoisotopic (exact) mass is 460 g/mol. The van der Waals surface area contributed by atoms with E-state index in [2.05, 4.69) is 0 Å². The first-order chi connectivity index (χ1) is 16.5. The van der Waals surface area contributed by atoms with Gasteiger partial charge in [0.15, 0.2) is 6.10 Å². The lowest BCUT2D eigenvalue weighted by atomic mass is 9.90. The van der Waals surface area contributed by atoms with E-state index in [0.29, 0.717) is 22.5 Å². The summed E-state index contributed by atoms with van der Waals surface area (Å²) in [5.74, 6) is -2.63. The predicted octanol–water partition coefficient (Wildman–Crippen LogP) is 4.05. The Bertz CT molecular complexity index is 1230. The Morgan fingerprint density at radius 3 is 2.24 bits per heavy atom. The minimum Gasteiger partial charge on any atom is -0.462 e. The molecule has 34 heavy (non-hydrogen) atoms. The maximum atomic E-state index is 13.6. The minimum atomic E-state index is -1.03. The zero-order valence-electron chi connectivity index (χ0n) is 18.3. The van der Waals surface area contributed by atoms with Crippen molar-refractivity contribution in [3.8, 4) is 0 Å². The van der Waals surface area contributed by atoms with Crippen LogP contribution >= 0.6 is 0 Å². The Morgan fingerprint density at radius 2 is 1.59 bits per heavy atom. The molecule has 0 bridgehead atoms. The fraction of sp³-hybridized carbons (Fsp3) is 0.192. The van der Waals surface area contributed by atoms with Gasteiger partial charge in [-0.3, -0.25) is 14.4 Å². The number of hydroxylamine groups is 1. The number of nitrogens with zero attached hydrogens (tertiary/aromatic N) is 2. The summed E-state index contributed by atoms with van der Waals surface area (Å²) in [4.78, 5) is 46.0. The second kappa shape index (κ2) is 8.72. The standard InChI is InChI=1S/C26H21FN2O5/c1-2-33-26(32)17-10-14-19(15-11-17)28-24(30)21-22(16-8-12-18(27)13-9-16)29(34-23(21)25(28)31)20-6-4-3-5-7-20/h3-15,21-23H,2H2,1H3/t21-,22+,23-/m1/s1. The number of benzene rings is 3. The van der Waals surface area contributed by atoms with Crippen molar-refractivity contribution in [1.82, 2.24) is 0 Å². The van der Waals surface area contributed by atoms with E-state index in [4.69, 9.17) is 9.57 Å². The highest BCUT2D eigenvalue weighted by molar-refractivity contribution is 6.24. The van der Waals surface area contributed by atoms with Gasteiger partial charge in [-0.15, -0.1) is 0 Å². The third-order valence-electron chi connectivity index (χ3n) is 5.97. The molecule has 2 saturated heterocycles. The molecule has 0 unspecified atom stereocenters. The van der Waals surface area contributed by atoms with Gasteiger partial charge >= 0.3 is 5.97 Å². The van der Waals surface area contributed by atoms with Crippen molar-refractivity contribution < 1.29 is 28.3 Å². The number of fused-ring (bicyclic) bond motifs is 1. The molecule has 3 aromatic rings. The molecule has 2 heterocycles. The van der Waals surface area contributed by atoms with E-state index in [9.17, 15) is 18.8 Å². The third kappa shape index (κ3) is 3.62. The number of rotatable bonds is 5. The summed E-state index contributed by atoms with van der Waals surface area (Å²) in [6.45, 7) is 1.95. The minimum absolute atomic E-state index is 0.243. The first kappa shape index (κ1) is 21.8. The summed E-state index contributed by atoms with van der Waals surface area (Å²) in [7, 11) is 0. The van der Waals surface area contributed by atoms with Crippen LogP contribution < -0.4 is 9.96 Å². The van der Waals surface area contributed by atoms with Crippen LogP contribution in [0.3, 0.4) is 0 Å². The molecule has 0 N–H and O–H groups in total. The number of para-hydroxylation sites is 1. The van der Waals surface area contributed by atoms with Crippen LogP contribution in [-0.4, -0.2) is 30.5 Å². The highest BCUT2D eigenvalue weighted by Crippen LogP contribution is 2.47. The molecule has 2 aliphatic heterocycles. The highest BCUT2D eigenvalue weighted by Gasteiger charge is 2.60. The fourth-order valence-electron chi connectivity index (χ4n) is 4.43. The van der Waals surface area contributed by atoms with E-state index in [1.807, 2.05) is 30.3 Å². The van der Waals surface area contributed by atoms with Crippen LogP contribution in [0.25, 0.3) is 0 Å². The van der Waals surface area contributed by atoms with Crippen LogP contribution in [0.15, 0.2) is 78.9 Å². The van der Waals surface area contributed by atoms with E-state index in [0.717, 1.165) is 4.90 Å². The van der Waals surface area contributed by atoms with E-state index in [1.54, 1.807) is 24.1 Å². The van der Waals surface area contributed by atoms with Gasteiger partial charge in [0.1, 0.15) is 11.7 Å². The van der Waals surface area contributed by atoms with Gasteiger partial charge < -0.3 is 4.74 Å². The van der Waals surface area contributed by atoms with E-state index >= 15 is 0 Å². The number of esters is 1. The average Bonchev–Trinajstić information content (AvgIpc) is 3.36. The first-order valence-electron chi connectivity index (χ1n) is 10.9. The second-order valence-corrected chi connectivity index (χ2v) is 7.99. The molecule has 0 radical (unpaired) electrons. The quantitative estimate of drug-likeness (QED) is 0.422. The molecule has 7 nitrogen and oxygen atoms in total. The predicted molar refractivity (Wildman–Crippen MR) is 121 cm³/mol. The van der Waals surface area contributed by atoms with E-state index in [1.165, 1.54) is 36.4 Å². The van der Waals surface area contributed by atoms with Crippen molar-refractivity contribution in [3.05, 3.63) is 95.8 Å². The molecule has 0 aliphatic carbocycles. The number of hydrogen-bond acceptors (Lipinski definition) is 6. The maximum absolute atomic E-state index is 13.6. The summed E-state index contributed by atoms with van der Waals surface area (Å²) in [5, 5.41) is 1.56. The molecule has 2 aliphatic rings. The lowest BCUT2D eigenvalue weighted by Crippen LogP contribution is -2.37. The van der Waals surface area contributed by atoms with Gasteiger partial charge in [-0.2, -0.15) is 0 Å². The van der Waals surface area contributed by atoms with Gasteiger partial charge in [-0.25, -0.2) is 19.1 Å². The summed E-state index contributed by atoms with van der Waals surface area (Å²) < 4.78 is 18.6. The summed E-state index contributed by atoms with van der Waals surface area (Å²) in [6.07, 6.45) is -1.03. The molecule has 2 amide bonds. The Kier molecular flexibility index (Phi) is 5.59. The Morgan fingerprint density at radius 1 is 0.912 bits per heavy atom. The molecule has 0 spiro atoms. The second-order valence-electron chi connectivity index (χ2n) is 7.99. The molecule has 3 atom stereocenters. The van der Waals surface area contributed by atoms with Crippen molar-refractivity contribution in [2.24, 2.45) is 5.92 Å². The molecule has 172 valence electrons. The molecule has 3 aromatic carbocycles. The third-order valence-corrected chi connectivity index (χ3v) is 5.97. The van der Waals surface area contributed by atoms with Gasteiger partial charge in [0.2, 0.25) is 5.91 Å². The number of ether oxygens (including phenoxy) is 1. The zero-order chi connectivity index (χ0) is 23.8. The normalized spacial score (nSPS) is 21.6. The van der Waals surface area contributed by atoms with Crippen molar-refractivity contribution >= 4 is 29.2 Å². The van der Waals surface area contributed by atoms with Crippen LogP contribution in [-0.2, 0) is 19.2 Å². The van der Waals surface area contributed by atoms with Crippen molar-refractivity contribution in [2.45, 2.75) is 19.1 Å². The number of carbonyl (C=O) groups is 3. The lowest BCUT2D eigenvalue weighted by Gasteiger charge is -2.28. The Labute approximate surface area is 195 Å². The average molecular weight is 460 g/mol. The summed E-state index contributed by atoms with van der Waals surface area (Å²) in [6, 6.07) is 20.4. The molecular weight excluding hydrogens is 439 g/mol. The number of anilines is 2. The van der Waals surface area contributed by atoms with Crippen molar-refractivity contribution in [2.75, 3.05) is 16.6 Å². The smallest absolute Gasteiger partial charge is 0.338 e. The summed E-state index contributed by atoms with van der Waals surface area (Å²) in [5.41, 5.74) is 1.99. The van der Waals surface area contributed by atoms with Gasteiger partial charge in [-0.1, -0.05) is 30.3 Å². The Hall–Kier alpha value is -4.04. The zero-order valence-corrected chi connectivity index (χ0v) is 18.3. The lowest BCUT2D eigenvalue weighted by molar-refractivity contribution is -0.126. The van der Waals surface area contributed by atoms with Gasteiger partial charge in [0, 0.05) is 0 Å². The van der Waals surface area contributed by atoms with Crippen molar-refractivity contribution in [3.63, 3.8) is 0 Å². The van der Waals surface area contributed by atoms with Gasteiger partial charge in [0.25, 0.3) is 5.91 Å². The molecular formula is C26H21FN2O5. The Balaban J connectivity index is 1.50. The molecule has 2 fully saturated rings. The number of amides is 2. The molecule has 0 saturated carbocycles. The summed E-state index contributed by atoms with van der Waals surface area (Å²) >= 11 is 0. The SMILES string of the molecule is CCOC(=O)c1ccc(N2C(=O)[C@H]3[C@@H](ON(c4ccccc4)[C@H]3c3ccc(F)cc3)C2=O)cc1. The van der Waals surface area contributed by atoms with E-state index < -0.39 is 41.7 Å². The van der Waals surface area contributed by atoms with Crippen LogP contribution in [0, 0.1) is 11.7 Å². The molecule has 0 aromatic heterocycles. The van der Waals surface area contributed by atoms with Gasteiger partial charge in [0.05, 0.1) is 29.6 Å². The van der Waals surface area contributed by atoms with Crippen LogP contribution in [0.5, 0.6) is 0 Å². The van der Waals surface area contributed by atoms with Gasteiger partial charge in [-0.05, 0) is 61.0 Å². The largest absolute Gasteiger partial charge is 0.462 e. The fourth-order valence-corrected chi connectivity index (χ4v) is 4.43. The van der Waals surface area contributed by atoms with Crippen LogP contribution in [0.2, 0.25) is 0 Å². The number of halogens is 1. The number of hydrogen-bond donors (Lipinski definition) is 0. The maximum Gasteiger partial charge on any atom is 0.338 e.